The van der Waals surface area contributed by atoms with Crippen molar-refractivity contribution in [3.8, 4) is 0 Å². The van der Waals surface area contributed by atoms with Crippen molar-refractivity contribution in [3.63, 3.8) is 0 Å². The molecule has 1 aromatic carbocycles. The number of carbonyl (C=O) groups is 1. The third-order valence-electron chi connectivity index (χ3n) is 4.29. The Morgan fingerprint density at radius 2 is 2.19 bits per heavy atom. The summed E-state index contributed by atoms with van der Waals surface area (Å²) in [5.74, 6) is 6.79. The lowest BCUT2D eigenvalue weighted by Crippen LogP contribution is -2.30. The SMILES string of the molecule is CC1CC1CN(C)Cc1c(C(=O)NN)sc2ccccc12. The number of carbonyl (C=O) groups excluding carboxylic acids is 1. The minimum absolute atomic E-state index is 0.195. The maximum absolute atomic E-state index is 12.0. The van der Waals surface area contributed by atoms with Gasteiger partial charge in [-0.3, -0.25) is 10.2 Å². The van der Waals surface area contributed by atoms with Crippen molar-refractivity contribution in [3.05, 3.63) is 34.7 Å². The highest BCUT2D eigenvalue weighted by atomic mass is 32.1. The zero-order valence-corrected chi connectivity index (χ0v) is 13.2. The summed E-state index contributed by atoms with van der Waals surface area (Å²) in [6.45, 7) is 4.18. The maximum Gasteiger partial charge on any atom is 0.275 e. The molecule has 3 N–H and O–H groups in total. The molecule has 0 saturated heterocycles. The normalized spacial score (nSPS) is 21.0. The van der Waals surface area contributed by atoms with Crippen LogP contribution in [0.1, 0.15) is 28.6 Å². The zero-order chi connectivity index (χ0) is 15.0. The van der Waals surface area contributed by atoms with Crippen LogP contribution in [0.4, 0.5) is 0 Å². The monoisotopic (exact) mass is 303 g/mol. The summed E-state index contributed by atoms with van der Waals surface area (Å²) in [5, 5.41) is 1.16. The molecule has 2 unspecified atom stereocenters. The number of nitrogens with zero attached hydrogens (tertiary/aromatic N) is 1. The number of nitrogen functional groups attached to an aromatic ring is 1. The van der Waals surface area contributed by atoms with Crippen LogP contribution in [0.25, 0.3) is 10.1 Å². The standard InChI is InChI=1S/C16H21N3OS/c1-10-7-11(10)8-19(2)9-13-12-5-3-4-6-14(12)21-15(13)16(20)18-17/h3-6,10-11H,7-9,17H2,1-2H3,(H,18,20). The van der Waals surface area contributed by atoms with Crippen LogP contribution in [0, 0.1) is 11.8 Å². The van der Waals surface area contributed by atoms with E-state index in [2.05, 4.69) is 36.4 Å². The lowest BCUT2D eigenvalue weighted by molar-refractivity contribution is 0.0956. The maximum atomic E-state index is 12.0. The van der Waals surface area contributed by atoms with E-state index in [1.54, 1.807) is 0 Å². The first-order valence-electron chi connectivity index (χ1n) is 7.30. The molecule has 1 aromatic heterocycles. The Kier molecular flexibility index (Phi) is 3.97. The molecule has 0 bridgehead atoms. The lowest BCUT2D eigenvalue weighted by atomic mass is 10.1. The van der Waals surface area contributed by atoms with Gasteiger partial charge < -0.3 is 4.90 Å². The molecule has 1 amide bonds. The van der Waals surface area contributed by atoms with E-state index < -0.39 is 0 Å². The summed E-state index contributed by atoms with van der Waals surface area (Å²) in [7, 11) is 2.13. The number of hydrogen-bond acceptors (Lipinski definition) is 4. The minimum atomic E-state index is -0.195. The highest BCUT2D eigenvalue weighted by molar-refractivity contribution is 7.21. The summed E-state index contributed by atoms with van der Waals surface area (Å²) < 4.78 is 1.14. The predicted molar refractivity (Wildman–Crippen MR) is 87.1 cm³/mol. The number of thiophene rings is 1. The first kappa shape index (κ1) is 14.5. The van der Waals surface area contributed by atoms with Gasteiger partial charge in [0.25, 0.3) is 5.91 Å². The van der Waals surface area contributed by atoms with Crippen molar-refractivity contribution in [2.75, 3.05) is 13.6 Å². The topological polar surface area (TPSA) is 58.4 Å². The van der Waals surface area contributed by atoms with Crippen LogP contribution >= 0.6 is 11.3 Å². The Hall–Kier alpha value is -1.43. The van der Waals surface area contributed by atoms with Crippen LogP contribution in [0.2, 0.25) is 0 Å². The van der Waals surface area contributed by atoms with Gasteiger partial charge in [0.05, 0.1) is 4.88 Å². The van der Waals surface area contributed by atoms with E-state index in [1.807, 2.05) is 12.1 Å². The molecular formula is C16H21N3OS. The van der Waals surface area contributed by atoms with Crippen molar-refractivity contribution >= 4 is 27.3 Å². The minimum Gasteiger partial charge on any atom is -0.302 e. The Balaban J connectivity index is 1.89. The molecule has 5 heteroatoms. The molecule has 0 spiro atoms. The van der Waals surface area contributed by atoms with Crippen LogP contribution < -0.4 is 11.3 Å². The van der Waals surface area contributed by atoms with E-state index in [0.717, 1.165) is 45.5 Å². The number of nitrogens with two attached hydrogens (primary N) is 1. The van der Waals surface area contributed by atoms with Gasteiger partial charge in [-0.25, -0.2) is 5.84 Å². The van der Waals surface area contributed by atoms with E-state index >= 15 is 0 Å². The first-order valence-corrected chi connectivity index (χ1v) is 8.11. The molecule has 2 atom stereocenters. The molecule has 1 heterocycles. The van der Waals surface area contributed by atoms with Gasteiger partial charge in [-0.15, -0.1) is 11.3 Å². The molecule has 21 heavy (non-hydrogen) atoms. The van der Waals surface area contributed by atoms with Crippen molar-refractivity contribution in [2.24, 2.45) is 17.7 Å². The van der Waals surface area contributed by atoms with Crippen molar-refractivity contribution in [1.82, 2.24) is 10.3 Å². The van der Waals surface area contributed by atoms with E-state index in [4.69, 9.17) is 5.84 Å². The van der Waals surface area contributed by atoms with Crippen molar-refractivity contribution in [1.29, 1.82) is 0 Å². The third-order valence-corrected chi connectivity index (χ3v) is 5.50. The summed E-state index contributed by atoms with van der Waals surface area (Å²) in [4.78, 5) is 15.1. The van der Waals surface area contributed by atoms with Crippen LogP contribution in [0.5, 0.6) is 0 Å². The van der Waals surface area contributed by atoms with Crippen molar-refractivity contribution in [2.45, 2.75) is 19.9 Å². The highest BCUT2D eigenvalue weighted by Crippen LogP contribution is 2.39. The molecule has 1 fully saturated rings. The van der Waals surface area contributed by atoms with E-state index in [0.29, 0.717) is 0 Å². The van der Waals surface area contributed by atoms with E-state index in [9.17, 15) is 4.79 Å². The quantitative estimate of drug-likeness (QED) is 0.507. The fourth-order valence-electron chi connectivity index (χ4n) is 2.89. The average molecular weight is 303 g/mol. The van der Waals surface area contributed by atoms with Gasteiger partial charge in [0.1, 0.15) is 0 Å². The molecule has 1 aliphatic rings. The number of nitrogens with one attached hydrogen (secondary N) is 1. The second kappa shape index (κ2) is 5.75. The fraction of sp³-hybridized carbons (Fsp3) is 0.438. The molecular weight excluding hydrogens is 282 g/mol. The predicted octanol–water partition coefficient (Wildman–Crippen LogP) is 2.59. The molecule has 3 rings (SSSR count). The van der Waals surface area contributed by atoms with E-state index in [1.165, 1.54) is 17.8 Å². The molecule has 2 aromatic rings. The van der Waals surface area contributed by atoms with Gasteiger partial charge in [0.15, 0.2) is 0 Å². The Bertz CT molecular complexity index is 667. The zero-order valence-electron chi connectivity index (χ0n) is 12.4. The van der Waals surface area contributed by atoms with Crippen molar-refractivity contribution < 1.29 is 4.79 Å². The summed E-state index contributed by atoms with van der Waals surface area (Å²) >= 11 is 1.51. The number of hydrogen-bond donors (Lipinski definition) is 2. The Labute approximate surface area is 128 Å². The van der Waals surface area contributed by atoms with Crippen LogP contribution in [-0.4, -0.2) is 24.4 Å². The molecule has 0 radical (unpaired) electrons. The number of benzene rings is 1. The van der Waals surface area contributed by atoms with Gasteiger partial charge in [-0.2, -0.15) is 0 Å². The van der Waals surface area contributed by atoms with Crippen LogP contribution in [-0.2, 0) is 6.54 Å². The molecule has 1 saturated carbocycles. The Morgan fingerprint density at radius 1 is 1.48 bits per heavy atom. The number of amides is 1. The lowest BCUT2D eigenvalue weighted by Gasteiger charge is -2.17. The summed E-state index contributed by atoms with van der Waals surface area (Å²) in [6, 6.07) is 8.16. The first-order chi connectivity index (χ1) is 10.1. The Morgan fingerprint density at radius 3 is 2.86 bits per heavy atom. The summed E-state index contributed by atoms with van der Waals surface area (Å²) in [5.41, 5.74) is 3.36. The smallest absolute Gasteiger partial charge is 0.275 e. The average Bonchev–Trinajstić information content (AvgIpc) is 3.04. The van der Waals surface area contributed by atoms with Gasteiger partial charge in [-0.05, 0) is 42.3 Å². The van der Waals surface area contributed by atoms with Crippen LogP contribution in [0.15, 0.2) is 24.3 Å². The van der Waals surface area contributed by atoms with Gasteiger partial charge in [0, 0.05) is 17.8 Å². The molecule has 1 aliphatic carbocycles. The second-order valence-corrected chi connectivity index (χ2v) is 7.10. The molecule has 4 nitrogen and oxygen atoms in total. The number of fused-ring (bicyclic) bond motifs is 1. The van der Waals surface area contributed by atoms with Gasteiger partial charge in [0.2, 0.25) is 0 Å². The van der Waals surface area contributed by atoms with Gasteiger partial charge in [-0.1, -0.05) is 25.1 Å². The second-order valence-electron chi connectivity index (χ2n) is 6.05. The third kappa shape index (κ3) is 2.95. The molecule has 112 valence electrons. The highest BCUT2D eigenvalue weighted by Gasteiger charge is 2.33. The van der Waals surface area contributed by atoms with E-state index in [-0.39, 0.29) is 5.91 Å². The summed E-state index contributed by atoms with van der Waals surface area (Å²) in [6.07, 6.45) is 1.32. The number of rotatable bonds is 5. The molecule has 0 aliphatic heterocycles. The van der Waals surface area contributed by atoms with Crippen LogP contribution in [0.3, 0.4) is 0 Å². The fourth-order valence-corrected chi connectivity index (χ4v) is 4.01. The van der Waals surface area contributed by atoms with Gasteiger partial charge >= 0.3 is 0 Å². The number of hydrazine groups is 1. The largest absolute Gasteiger partial charge is 0.302 e.